The molecular weight excluding hydrogens is 326 g/mol. The molecule has 0 radical (unpaired) electrons. The number of nitrogens with zero attached hydrogens (tertiary/aromatic N) is 2. The van der Waals surface area contributed by atoms with Crippen molar-refractivity contribution in [3.63, 3.8) is 0 Å². The molecule has 1 heterocycles. The van der Waals surface area contributed by atoms with Crippen LogP contribution in [0.5, 0.6) is 0 Å². The van der Waals surface area contributed by atoms with Crippen LogP contribution in [0.15, 0.2) is 22.7 Å². The molecule has 1 aromatic carbocycles. The Kier molecular flexibility index (Phi) is 5.69. The highest BCUT2D eigenvalue weighted by Crippen LogP contribution is 2.26. The molecule has 21 heavy (non-hydrogen) atoms. The van der Waals surface area contributed by atoms with Crippen molar-refractivity contribution in [2.24, 2.45) is 0 Å². The van der Waals surface area contributed by atoms with E-state index in [2.05, 4.69) is 77.1 Å². The third-order valence-electron chi connectivity index (χ3n) is 3.91. The summed E-state index contributed by atoms with van der Waals surface area (Å²) in [4.78, 5) is 4.96. The molecule has 0 aliphatic carbocycles. The van der Waals surface area contributed by atoms with Gasteiger partial charge >= 0.3 is 0 Å². The molecule has 0 atom stereocenters. The zero-order valence-corrected chi connectivity index (χ0v) is 15.3. The van der Waals surface area contributed by atoms with Crippen LogP contribution in [0.25, 0.3) is 0 Å². The van der Waals surface area contributed by atoms with Crippen LogP contribution in [0.3, 0.4) is 0 Å². The summed E-state index contributed by atoms with van der Waals surface area (Å²) < 4.78 is 1.16. The Bertz CT molecular complexity index is 468. The van der Waals surface area contributed by atoms with Crippen LogP contribution in [-0.4, -0.2) is 43.7 Å². The Morgan fingerprint density at radius 1 is 1.14 bits per heavy atom. The Morgan fingerprint density at radius 2 is 1.90 bits per heavy atom. The monoisotopic (exact) mass is 353 g/mol. The number of halogens is 1. The van der Waals surface area contributed by atoms with Gasteiger partial charge in [-0.05, 0) is 64.5 Å². The third kappa shape index (κ3) is 5.28. The lowest BCUT2D eigenvalue weighted by Crippen LogP contribution is -2.36. The molecule has 0 spiro atoms. The summed E-state index contributed by atoms with van der Waals surface area (Å²) in [5.74, 6) is 0. The van der Waals surface area contributed by atoms with Crippen molar-refractivity contribution in [3.05, 3.63) is 28.2 Å². The molecule has 0 aromatic heterocycles. The van der Waals surface area contributed by atoms with Crippen LogP contribution in [0, 0.1) is 0 Å². The van der Waals surface area contributed by atoms with Crippen molar-refractivity contribution in [1.29, 1.82) is 0 Å². The average Bonchev–Trinajstić information content (AvgIpc) is 2.61. The lowest BCUT2D eigenvalue weighted by molar-refractivity contribution is 0.360. The minimum atomic E-state index is 0.137. The first-order chi connectivity index (χ1) is 9.85. The fourth-order valence-electron chi connectivity index (χ4n) is 2.65. The molecule has 1 N–H and O–H groups in total. The van der Waals surface area contributed by atoms with Crippen molar-refractivity contribution < 1.29 is 0 Å². The zero-order valence-electron chi connectivity index (χ0n) is 13.7. The van der Waals surface area contributed by atoms with Crippen LogP contribution in [0.2, 0.25) is 0 Å². The molecular formula is C17H28BrN3. The van der Waals surface area contributed by atoms with Crippen molar-refractivity contribution in [1.82, 2.24) is 10.2 Å². The Hall–Kier alpha value is -0.580. The summed E-state index contributed by atoms with van der Waals surface area (Å²) in [6.07, 6.45) is 1.23. The topological polar surface area (TPSA) is 18.5 Å². The van der Waals surface area contributed by atoms with Gasteiger partial charge in [-0.2, -0.15) is 0 Å². The Balaban J connectivity index is 2.17. The summed E-state index contributed by atoms with van der Waals surface area (Å²) in [5.41, 5.74) is 2.90. The van der Waals surface area contributed by atoms with Crippen LogP contribution in [0.1, 0.15) is 32.8 Å². The first kappa shape index (κ1) is 16.8. The second-order valence-electron chi connectivity index (χ2n) is 7.02. The highest BCUT2D eigenvalue weighted by atomic mass is 79.9. The molecule has 4 heteroatoms. The van der Waals surface area contributed by atoms with Crippen molar-refractivity contribution in [2.75, 3.05) is 38.1 Å². The van der Waals surface area contributed by atoms with Gasteiger partial charge in [0.25, 0.3) is 0 Å². The van der Waals surface area contributed by atoms with Gasteiger partial charge in [0.2, 0.25) is 0 Å². The highest BCUT2D eigenvalue weighted by Gasteiger charge is 2.17. The number of likely N-dealkylation sites (N-methyl/N-ethyl adjacent to an activating group) is 1. The molecule has 0 saturated carbocycles. The summed E-state index contributed by atoms with van der Waals surface area (Å²) in [6.45, 7) is 12.1. The van der Waals surface area contributed by atoms with Gasteiger partial charge in [-0.3, -0.25) is 0 Å². The molecule has 3 nitrogen and oxygen atoms in total. The molecule has 1 fully saturated rings. The minimum absolute atomic E-state index is 0.137. The normalized spacial score (nSPS) is 17.9. The van der Waals surface area contributed by atoms with Crippen LogP contribution in [-0.2, 0) is 6.54 Å². The first-order valence-electron chi connectivity index (χ1n) is 7.82. The zero-order chi connectivity index (χ0) is 15.5. The van der Waals surface area contributed by atoms with E-state index in [9.17, 15) is 0 Å². The predicted octanol–water partition coefficient (Wildman–Crippen LogP) is 3.48. The van der Waals surface area contributed by atoms with Crippen molar-refractivity contribution in [2.45, 2.75) is 39.3 Å². The SMILES string of the molecule is CN1CCCN(c2ccc(Br)cc2CNC(C)(C)C)CC1. The Labute approximate surface area is 137 Å². The number of hydrogen-bond acceptors (Lipinski definition) is 3. The van der Waals surface area contributed by atoms with E-state index in [-0.39, 0.29) is 5.54 Å². The van der Waals surface area contributed by atoms with Crippen LogP contribution >= 0.6 is 15.9 Å². The van der Waals surface area contributed by atoms with Gasteiger partial charge in [0.05, 0.1) is 0 Å². The molecule has 2 rings (SSSR count). The van der Waals surface area contributed by atoms with E-state index in [0.717, 1.165) is 30.7 Å². The van der Waals surface area contributed by atoms with Gasteiger partial charge < -0.3 is 15.1 Å². The number of anilines is 1. The van der Waals surface area contributed by atoms with Crippen LogP contribution < -0.4 is 10.2 Å². The maximum Gasteiger partial charge on any atom is 0.0413 e. The average molecular weight is 354 g/mol. The third-order valence-corrected chi connectivity index (χ3v) is 4.40. The van der Waals surface area contributed by atoms with Crippen molar-refractivity contribution >= 4 is 21.6 Å². The largest absolute Gasteiger partial charge is 0.370 e. The van der Waals surface area contributed by atoms with E-state index in [1.807, 2.05) is 0 Å². The number of benzene rings is 1. The first-order valence-corrected chi connectivity index (χ1v) is 8.61. The summed E-state index contributed by atoms with van der Waals surface area (Å²) in [6, 6.07) is 6.67. The molecule has 0 unspecified atom stereocenters. The second kappa shape index (κ2) is 7.12. The highest BCUT2D eigenvalue weighted by molar-refractivity contribution is 9.10. The van der Waals surface area contributed by atoms with E-state index in [1.54, 1.807) is 0 Å². The predicted molar refractivity (Wildman–Crippen MR) is 95.1 cm³/mol. The summed E-state index contributed by atoms with van der Waals surface area (Å²) >= 11 is 3.61. The van der Waals surface area contributed by atoms with E-state index in [4.69, 9.17) is 0 Å². The van der Waals surface area contributed by atoms with E-state index >= 15 is 0 Å². The fraction of sp³-hybridized carbons (Fsp3) is 0.647. The quantitative estimate of drug-likeness (QED) is 0.897. The number of rotatable bonds is 3. The van der Waals surface area contributed by atoms with Gasteiger partial charge in [-0.15, -0.1) is 0 Å². The minimum Gasteiger partial charge on any atom is -0.370 e. The molecule has 1 aliphatic heterocycles. The maximum absolute atomic E-state index is 3.61. The lowest BCUT2D eigenvalue weighted by atomic mass is 10.1. The molecule has 118 valence electrons. The van der Waals surface area contributed by atoms with Crippen LogP contribution in [0.4, 0.5) is 5.69 Å². The standard InChI is InChI=1S/C17H28BrN3/c1-17(2,3)19-13-14-12-15(18)6-7-16(14)21-9-5-8-20(4)10-11-21/h6-7,12,19H,5,8-11,13H2,1-4H3. The molecule has 0 amide bonds. The smallest absolute Gasteiger partial charge is 0.0413 e. The van der Waals surface area contributed by atoms with Gasteiger partial charge in [0, 0.05) is 41.9 Å². The summed E-state index contributed by atoms with van der Waals surface area (Å²) in [7, 11) is 2.22. The molecule has 1 aromatic rings. The van der Waals surface area contributed by atoms with Crippen molar-refractivity contribution in [3.8, 4) is 0 Å². The molecule has 1 aliphatic rings. The Morgan fingerprint density at radius 3 is 2.62 bits per heavy atom. The number of nitrogens with one attached hydrogen (secondary N) is 1. The van der Waals surface area contributed by atoms with E-state index in [0.29, 0.717) is 0 Å². The fourth-order valence-corrected chi connectivity index (χ4v) is 3.06. The van der Waals surface area contributed by atoms with Gasteiger partial charge in [-0.1, -0.05) is 15.9 Å². The lowest BCUT2D eigenvalue weighted by Gasteiger charge is -2.28. The van der Waals surface area contributed by atoms with E-state index in [1.165, 1.54) is 24.2 Å². The maximum atomic E-state index is 3.61. The number of hydrogen-bond donors (Lipinski definition) is 1. The second-order valence-corrected chi connectivity index (χ2v) is 7.94. The molecule has 1 saturated heterocycles. The van der Waals surface area contributed by atoms with Gasteiger partial charge in [-0.25, -0.2) is 0 Å². The molecule has 0 bridgehead atoms. The van der Waals surface area contributed by atoms with Gasteiger partial charge in [0.1, 0.15) is 0 Å². The summed E-state index contributed by atoms with van der Waals surface area (Å²) in [5, 5.41) is 3.61. The van der Waals surface area contributed by atoms with Gasteiger partial charge in [0.15, 0.2) is 0 Å². The van der Waals surface area contributed by atoms with E-state index < -0.39 is 0 Å².